The van der Waals surface area contributed by atoms with Crippen LogP contribution in [0.5, 0.6) is 0 Å². The van der Waals surface area contributed by atoms with Gasteiger partial charge in [0.1, 0.15) is 17.7 Å². The minimum Gasteiger partial charge on any atom is -0.512 e. The highest BCUT2D eigenvalue weighted by atomic mass is 32.1. The number of aliphatic hydroxyl groups is 4. The fraction of sp³-hybridized carbons (Fsp3) is 0.379. The molecule has 39 heavy (non-hydrogen) atoms. The first-order valence-electron chi connectivity index (χ1n) is 13.2. The van der Waals surface area contributed by atoms with Crippen molar-refractivity contribution >= 4 is 29.1 Å². The van der Waals surface area contributed by atoms with E-state index < -0.39 is 12.5 Å². The topological polar surface area (TPSA) is 147 Å². The van der Waals surface area contributed by atoms with Gasteiger partial charge in [0.2, 0.25) is 0 Å². The van der Waals surface area contributed by atoms with Gasteiger partial charge < -0.3 is 35.5 Å². The monoisotopic (exact) mass is 553 g/mol. The molecule has 0 amide bonds. The van der Waals surface area contributed by atoms with Crippen LogP contribution in [0.1, 0.15) is 62.2 Å². The largest absolute Gasteiger partial charge is 0.512 e. The molecule has 3 aliphatic rings. The lowest BCUT2D eigenvalue weighted by atomic mass is 9.85. The smallest absolute Gasteiger partial charge is 0.182 e. The second kappa shape index (κ2) is 13.2. The molecule has 9 nitrogen and oxygen atoms in total. The van der Waals surface area contributed by atoms with Crippen molar-refractivity contribution < 1.29 is 24.8 Å². The lowest BCUT2D eigenvalue weighted by molar-refractivity contribution is -0.0419. The van der Waals surface area contributed by atoms with E-state index in [0.29, 0.717) is 59.3 Å². The number of anilines is 1. The number of aliphatic hydroxyl groups excluding tert-OH is 3. The van der Waals surface area contributed by atoms with Crippen LogP contribution in [0.4, 0.5) is 5.69 Å². The first-order chi connectivity index (χ1) is 18.8. The number of allylic oxidation sites excluding steroid dienone is 1. The van der Waals surface area contributed by atoms with Crippen LogP contribution in [0.3, 0.4) is 0 Å². The maximum atomic E-state index is 12.0. The van der Waals surface area contributed by atoms with E-state index in [1.807, 2.05) is 6.92 Å². The number of unbranched alkanes of at least 4 members (excludes halogenated alkanes) is 2. The minimum atomic E-state index is -1.77. The van der Waals surface area contributed by atoms with Gasteiger partial charge in [0.05, 0.1) is 5.76 Å². The number of thiocarbonyl (C=S) groups is 1. The predicted octanol–water partition coefficient (Wildman–Crippen LogP) is 4.01. The fourth-order valence-electron chi connectivity index (χ4n) is 4.84. The second-order valence-electron chi connectivity index (χ2n) is 9.59. The number of hydrogen-bond donors (Lipinski definition) is 7. The van der Waals surface area contributed by atoms with Gasteiger partial charge in [-0.25, -0.2) is 0 Å². The van der Waals surface area contributed by atoms with E-state index in [4.69, 9.17) is 16.6 Å². The molecule has 1 aliphatic heterocycles. The summed E-state index contributed by atoms with van der Waals surface area (Å²) >= 11 is 5.42. The summed E-state index contributed by atoms with van der Waals surface area (Å²) in [6.45, 7) is 3.37. The molecule has 208 valence electrons. The fourth-order valence-corrected chi connectivity index (χ4v) is 5.06. The predicted molar refractivity (Wildman–Crippen MR) is 156 cm³/mol. The molecule has 2 aliphatic carbocycles. The van der Waals surface area contributed by atoms with Gasteiger partial charge in [0.15, 0.2) is 16.8 Å². The van der Waals surface area contributed by atoms with E-state index in [9.17, 15) is 25.2 Å². The van der Waals surface area contributed by atoms with E-state index in [0.717, 1.165) is 36.9 Å². The third-order valence-electron chi connectivity index (χ3n) is 6.71. The zero-order chi connectivity index (χ0) is 27.9. The Balaban J connectivity index is 1.52. The van der Waals surface area contributed by atoms with Crippen LogP contribution in [0, 0.1) is 0 Å². The van der Waals surface area contributed by atoms with Gasteiger partial charge in [-0.3, -0.25) is 10.1 Å². The van der Waals surface area contributed by atoms with Crippen molar-refractivity contribution in [1.29, 1.82) is 0 Å². The van der Waals surface area contributed by atoms with Crippen LogP contribution < -0.4 is 21.4 Å². The highest BCUT2D eigenvalue weighted by Crippen LogP contribution is 2.43. The van der Waals surface area contributed by atoms with Crippen LogP contribution in [-0.2, 0) is 6.42 Å². The molecule has 4 rings (SSSR count). The van der Waals surface area contributed by atoms with Gasteiger partial charge in [-0.05, 0) is 74.3 Å². The molecule has 1 unspecified atom stereocenters. The normalized spacial score (nSPS) is 13.7. The summed E-state index contributed by atoms with van der Waals surface area (Å²) in [7, 11) is 0. The zero-order valence-electron chi connectivity index (χ0n) is 21.9. The summed E-state index contributed by atoms with van der Waals surface area (Å²) in [5.41, 5.74) is 3.44. The molecule has 1 atom stereocenters. The van der Waals surface area contributed by atoms with Gasteiger partial charge in [0, 0.05) is 53.0 Å². The molecule has 10 heteroatoms. The van der Waals surface area contributed by atoms with Crippen LogP contribution in [-0.4, -0.2) is 44.9 Å². The van der Waals surface area contributed by atoms with Crippen molar-refractivity contribution in [2.75, 3.05) is 18.4 Å². The first kappa shape index (κ1) is 28.7. The third kappa shape index (κ3) is 7.23. The zero-order valence-corrected chi connectivity index (χ0v) is 22.7. The Kier molecular flexibility index (Phi) is 9.71. The number of hydrogen-bond acceptors (Lipinski definition) is 8. The first-order valence-corrected chi connectivity index (χ1v) is 13.6. The van der Waals surface area contributed by atoms with Gasteiger partial charge in [-0.15, -0.1) is 0 Å². The quantitative estimate of drug-likeness (QED) is 0.106. The van der Waals surface area contributed by atoms with Crippen molar-refractivity contribution in [3.8, 4) is 22.5 Å². The Labute approximate surface area is 232 Å². The summed E-state index contributed by atoms with van der Waals surface area (Å²) < 4.78 is 5.94. The molecule has 7 N–H and O–H groups in total. The molecule has 0 fully saturated rings. The second-order valence-corrected chi connectivity index (χ2v) is 10.0. The molecule has 1 aromatic rings. The molecule has 0 bridgehead atoms. The maximum absolute atomic E-state index is 12.0. The van der Waals surface area contributed by atoms with E-state index >= 15 is 0 Å². The molecule has 0 aromatic heterocycles. The van der Waals surface area contributed by atoms with E-state index in [1.54, 1.807) is 30.3 Å². The Morgan fingerprint density at radius 1 is 1.05 bits per heavy atom. The van der Waals surface area contributed by atoms with Gasteiger partial charge >= 0.3 is 0 Å². The van der Waals surface area contributed by atoms with Crippen LogP contribution in [0.15, 0.2) is 51.4 Å². The Morgan fingerprint density at radius 2 is 1.85 bits per heavy atom. The molecular weight excluding hydrogens is 518 g/mol. The molecule has 0 saturated carbocycles. The average molecular weight is 554 g/mol. The minimum absolute atomic E-state index is 0.184. The van der Waals surface area contributed by atoms with Crippen molar-refractivity contribution in [2.24, 2.45) is 0 Å². The number of benzene rings is 2. The SMILES string of the molecule is CCNC(O)CCCCCNC(=S)Nc1ccc(-c2c3ccc(=O)cc-3oc3c2CCC(O)=C3)c(C(O)O)c1. The lowest BCUT2D eigenvalue weighted by Crippen LogP contribution is -2.29. The number of fused-ring (bicyclic) bond motifs is 2. The maximum Gasteiger partial charge on any atom is 0.182 e. The Morgan fingerprint density at radius 3 is 2.62 bits per heavy atom. The molecule has 0 spiro atoms. The lowest BCUT2D eigenvalue weighted by Gasteiger charge is -2.24. The van der Waals surface area contributed by atoms with Crippen molar-refractivity contribution in [3.63, 3.8) is 0 Å². The van der Waals surface area contributed by atoms with Gasteiger partial charge in [0.25, 0.3) is 0 Å². The standard InChI is InChI=1S/C29H35N3O6S/c1-2-30-26(35)6-4-3-5-13-31-29(39)32-17-7-10-20(23(14-17)28(36)37)27-21-11-8-18(33)15-24(21)38-25-16-19(34)9-12-22(25)27/h7-8,10-11,14-16,26,28,30,34-37H,2-6,9,12-13H2,1H3,(H2,31,32,39). The van der Waals surface area contributed by atoms with Crippen molar-refractivity contribution in [2.45, 2.75) is 58.0 Å². The molecule has 1 heterocycles. The molecule has 0 radical (unpaired) electrons. The van der Waals surface area contributed by atoms with Crippen LogP contribution >= 0.6 is 12.2 Å². The molecule has 1 aromatic carbocycles. The summed E-state index contributed by atoms with van der Waals surface area (Å²) in [4.78, 5) is 12.0. The van der Waals surface area contributed by atoms with Crippen LogP contribution in [0.25, 0.3) is 28.5 Å². The van der Waals surface area contributed by atoms with Crippen LogP contribution in [0.2, 0.25) is 0 Å². The summed E-state index contributed by atoms with van der Waals surface area (Å²) in [5, 5.41) is 50.1. The van der Waals surface area contributed by atoms with Gasteiger partial charge in [-0.2, -0.15) is 0 Å². The summed E-state index contributed by atoms with van der Waals surface area (Å²) in [6, 6.07) is 9.73. The van der Waals surface area contributed by atoms with Crippen molar-refractivity contribution in [3.05, 3.63) is 69.3 Å². The average Bonchev–Trinajstić information content (AvgIpc) is 2.89. The molecule has 0 saturated heterocycles. The summed E-state index contributed by atoms with van der Waals surface area (Å²) in [5.74, 6) is 0.974. The van der Waals surface area contributed by atoms with E-state index in [2.05, 4.69) is 16.0 Å². The number of nitrogens with one attached hydrogen (secondary N) is 3. The highest BCUT2D eigenvalue weighted by Gasteiger charge is 2.26. The van der Waals surface area contributed by atoms with Crippen molar-refractivity contribution in [1.82, 2.24) is 10.6 Å². The molecular formula is C29H35N3O6S. The third-order valence-corrected chi connectivity index (χ3v) is 6.95. The number of rotatable bonds is 11. The van der Waals surface area contributed by atoms with Gasteiger partial charge in [-0.1, -0.05) is 19.4 Å². The Bertz CT molecular complexity index is 1370. The Hall–Kier alpha value is -3.28. The van der Waals surface area contributed by atoms with E-state index in [1.165, 1.54) is 12.1 Å². The highest BCUT2D eigenvalue weighted by molar-refractivity contribution is 7.80. The summed E-state index contributed by atoms with van der Waals surface area (Å²) in [6.07, 6.45) is 3.69. The van der Waals surface area contributed by atoms with E-state index in [-0.39, 0.29) is 16.8 Å².